The second-order valence-corrected chi connectivity index (χ2v) is 8.65. The maximum absolute atomic E-state index is 12.7. The molecule has 7 heteroatoms. The predicted molar refractivity (Wildman–Crippen MR) is 127 cm³/mol. The van der Waals surface area contributed by atoms with E-state index in [1.165, 1.54) is 11.3 Å². The number of allylic oxidation sites excluding steroid dienone is 4. The summed E-state index contributed by atoms with van der Waals surface area (Å²) >= 11 is 1.39. The number of carbonyl (C=O) groups excluding carboxylic acids is 2. The summed E-state index contributed by atoms with van der Waals surface area (Å²) in [4.78, 5) is 32.0. The topological polar surface area (TPSA) is 86.1 Å². The zero-order valence-electron chi connectivity index (χ0n) is 18.0. The fraction of sp³-hybridized carbons (Fsp3) is 0.280. The molecule has 0 spiro atoms. The van der Waals surface area contributed by atoms with Gasteiger partial charge in [0.2, 0.25) is 11.8 Å². The van der Waals surface area contributed by atoms with E-state index in [0.29, 0.717) is 49.3 Å². The number of anilines is 1. The van der Waals surface area contributed by atoms with Crippen molar-refractivity contribution in [3.8, 4) is 6.07 Å². The zero-order chi connectivity index (χ0) is 22.9. The summed E-state index contributed by atoms with van der Waals surface area (Å²) in [7, 11) is 0. The van der Waals surface area contributed by atoms with E-state index < -0.39 is 0 Å². The summed E-state index contributed by atoms with van der Waals surface area (Å²) in [5.41, 5.74) is 3.34. The molecule has 0 saturated heterocycles. The van der Waals surface area contributed by atoms with Gasteiger partial charge in [0.05, 0.1) is 12.1 Å². The molecular formula is C25H26N4O2S. The molecule has 0 saturated carbocycles. The van der Waals surface area contributed by atoms with E-state index in [0.717, 1.165) is 21.6 Å². The van der Waals surface area contributed by atoms with Gasteiger partial charge in [0.15, 0.2) is 0 Å². The summed E-state index contributed by atoms with van der Waals surface area (Å²) in [6.07, 6.45) is 11.3. The summed E-state index contributed by atoms with van der Waals surface area (Å²) in [5.74, 6) is -0.0688. The average Bonchev–Trinajstić information content (AvgIpc) is 3.16. The highest BCUT2D eigenvalue weighted by molar-refractivity contribution is 7.16. The molecule has 1 aliphatic rings. The molecule has 0 unspecified atom stereocenters. The van der Waals surface area contributed by atoms with Crippen molar-refractivity contribution in [3.05, 3.63) is 83.1 Å². The van der Waals surface area contributed by atoms with Crippen LogP contribution in [0.5, 0.6) is 0 Å². The van der Waals surface area contributed by atoms with Crippen molar-refractivity contribution in [3.63, 3.8) is 0 Å². The normalized spacial score (nSPS) is 12.8. The second-order valence-electron chi connectivity index (χ2n) is 7.55. The van der Waals surface area contributed by atoms with E-state index in [2.05, 4.69) is 29.5 Å². The van der Waals surface area contributed by atoms with E-state index in [1.54, 1.807) is 24.5 Å². The predicted octanol–water partition coefficient (Wildman–Crippen LogP) is 4.55. The van der Waals surface area contributed by atoms with Gasteiger partial charge in [0, 0.05) is 36.7 Å². The third-order valence-electron chi connectivity index (χ3n) is 5.27. The number of thiophene rings is 1. The lowest BCUT2D eigenvalue weighted by molar-refractivity contribution is -0.132. The lowest BCUT2D eigenvalue weighted by Crippen LogP contribution is -2.35. The third-order valence-corrected chi connectivity index (χ3v) is 6.40. The van der Waals surface area contributed by atoms with E-state index in [9.17, 15) is 14.9 Å². The van der Waals surface area contributed by atoms with Crippen LogP contribution in [0.25, 0.3) is 0 Å². The third kappa shape index (κ3) is 6.02. The Kier molecular flexibility index (Phi) is 8.12. The molecule has 2 aromatic rings. The molecule has 2 aromatic heterocycles. The quantitative estimate of drug-likeness (QED) is 0.573. The summed E-state index contributed by atoms with van der Waals surface area (Å²) in [5, 5.41) is 13.1. The van der Waals surface area contributed by atoms with Crippen LogP contribution < -0.4 is 5.32 Å². The number of amides is 2. The van der Waals surface area contributed by atoms with Gasteiger partial charge < -0.3 is 10.2 Å². The van der Waals surface area contributed by atoms with Crippen molar-refractivity contribution in [2.45, 2.75) is 38.6 Å². The largest absolute Gasteiger partial charge is 0.337 e. The van der Waals surface area contributed by atoms with Crippen LogP contribution in [-0.4, -0.2) is 28.2 Å². The Labute approximate surface area is 192 Å². The second kappa shape index (κ2) is 11.2. The molecular weight excluding hydrogens is 420 g/mol. The molecule has 0 aliphatic carbocycles. The van der Waals surface area contributed by atoms with Gasteiger partial charge in [-0.1, -0.05) is 43.0 Å². The number of nitrogens with zero attached hydrogens (tertiary/aromatic N) is 3. The van der Waals surface area contributed by atoms with Crippen molar-refractivity contribution in [2.24, 2.45) is 0 Å². The van der Waals surface area contributed by atoms with Crippen LogP contribution in [0.4, 0.5) is 5.00 Å². The standard InChI is InChI=1S/C25H26N4O2S/c1-3-4-6-18(2)8-10-23(30)28-25-21(15-26)20-12-14-29(17-22(20)32-25)24(31)11-9-19-7-5-13-27-16-19/h3-7,13,16H,1-2,8-12,14,17H2,(H,28,30)/b6-4-. The SMILES string of the molecule is C=C/C=C\C(=C)CCC(=O)Nc1sc2c(c1C#N)CCN(C(=O)CCc1cccnc1)C2. The number of rotatable bonds is 9. The van der Waals surface area contributed by atoms with Gasteiger partial charge in [0.25, 0.3) is 0 Å². The Morgan fingerprint density at radius 2 is 2.19 bits per heavy atom. The first-order chi connectivity index (χ1) is 15.5. The van der Waals surface area contributed by atoms with Crippen LogP contribution in [0.15, 0.2) is 61.5 Å². The van der Waals surface area contributed by atoms with E-state index in [-0.39, 0.29) is 18.2 Å². The minimum Gasteiger partial charge on any atom is -0.337 e. The number of hydrogen-bond acceptors (Lipinski definition) is 5. The fourth-order valence-electron chi connectivity index (χ4n) is 3.53. The first-order valence-corrected chi connectivity index (χ1v) is 11.3. The van der Waals surface area contributed by atoms with Crippen LogP contribution >= 0.6 is 11.3 Å². The number of carbonyl (C=O) groups is 2. The van der Waals surface area contributed by atoms with E-state index in [1.807, 2.05) is 23.1 Å². The van der Waals surface area contributed by atoms with Gasteiger partial charge in [-0.15, -0.1) is 11.3 Å². The molecule has 32 heavy (non-hydrogen) atoms. The Balaban J connectivity index is 1.60. The van der Waals surface area contributed by atoms with Crippen molar-refractivity contribution in [1.82, 2.24) is 9.88 Å². The number of aryl methyl sites for hydroxylation is 1. The smallest absolute Gasteiger partial charge is 0.225 e. The Hall–Kier alpha value is -3.50. The van der Waals surface area contributed by atoms with Crippen molar-refractivity contribution >= 4 is 28.2 Å². The number of fused-ring (bicyclic) bond motifs is 1. The van der Waals surface area contributed by atoms with Crippen LogP contribution in [0.2, 0.25) is 0 Å². The number of nitrogens with one attached hydrogen (secondary N) is 1. The molecule has 3 rings (SSSR count). The van der Waals surface area contributed by atoms with Crippen molar-refractivity contribution in [1.29, 1.82) is 5.26 Å². The monoisotopic (exact) mass is 446 g/mol. The molecule has 1 N–H and O–H groups in total. The fourth-order valence-corrected chi connectivity index (χ4v) is 4.76. The molecule has 0 radical (unpaired) electrons. The molecule has 3 heterocycles. The Morgan fingerprint density at radius 3 is 2.91 bits per heavy atom. The number of nitriles is 1. The lowest BCUT2D eigenvalue weighted by Gasteiger charge is -2.27. The molecule has 1 aliphatic heterocycles. The zero-order valence-corrected chi connectivity index (χ0v) is 18.8. The molecule has 164 valence electrons. The van der Waals surface area contributed by atoms with E-state index >= 15 is 0 Å². The Bertz CT molecular complexity index is 1080. The van der Waals surface area contributed by atoms with Gasteiger partial charge in [-0.3, -0.25) is 14.6 Å². The van der Waals surface area contributed by atoms with Gasteiger partial charge >= 0.3 is 0 Å². The van der Waals surface area contributed by atoms with Gasteiger partial charge in [0.1, 0.15) is 11.1 Å². The minimum atomic E-state index is -0.155. The van der Waals surface area contributed by atoms with E-state index in [4.69, 9.17) is 0 Å². The molecule has 0 aromatic carbocycles. The summed E-state index contributed by atoms with van der Waals surface area (Å²) in [6, 6.07) is 6.07. The van der Waals surface area contributed by atoms with Crippen molar-refractivity contribution < 1.29 is 9.59 Å². The van der Waals surface area contributed by atoms with Crippen LogP contribution in [0.3, 0.4) is 0 Å². The number of hydrogen-bond donors (Lipinski definition) is 1. The number of aromatic nitrogens is 1. The highest BCUT2D eigenvalue weighted by Crippen LogP contribution is 2.37. The van der Waals surface area contributed by atoms with Gasteiger partial charge in [-0.05, 0) is 36.5 Å². The molecule has 0 bridgehead atoms. The first kappa shape index (κ1) is 23.2. The lowest BCUT2D eigenvalue weighted by atomic mass is 10.0. The van der Waals surface area contributed by atoms with Gasteiger partial charge in [-0.2, -0.15) is 5.26 Å². The summed E-state index contributed by atoms with van der Waals surface area (Å²) < 4.78 is 0. The van der Waals surface area contributed by atoms with Crippen LogP contribution in [-0.2, 0) is 29.0 Å². The highest BCUT2D eigenvalue weighted by Gasteiger charge is 2.27. The average molecular weight is 447 g/mol. The highest BCUT2D eigenvalue weighted by atomic mass is 32.1. The van der Waals surface area contributed by atoms with Gasteiger partial charge in [-0.25, -0.2) is 0 Å². The maximum Gasteiger partial charge on any atom is 0.225 e. The van der Waals surface area contributed by atoms with Crippen LogP contribution in [0.1, 0.15) is 40.8 Å². The number of pyridine rings is 1. The molecule has 0 atom stereocenters. The molecule has 6 nitrogen and oxygen atoms in total. The Morgan fingerprint density at radius 1 is 1.34 bits per heavy atom. The van der Waals surface area contributed by atoms with Crippen molar-refractivity contribution in [2.75, 3.05) is 11.9 Å². The van der Waals surface area contributed by atoms with Crippen LogP contribution in [0, 0.1) is 11.3 Å². The minimum absolute atomic E-state index is 0.0862. The summed E-state index contributed by atoms with van der Waals surface area (Å²) in [6.45, 7) is 8.57. The first-order valence-electron chi connectivity index (χ1n) is 10.5. The molecule has 2 amide bonds. The molecule has 0 fully saturated rings. The maximum atomic E-state index is 12.7.